The van der Waals surface area contributed by atoms with Crippen LogP contribution in [0.1, 0.15) is 32.6 Å². The van der Waals surface area contributed by atoms with E-state index in [1.807, 2.05) is 24.3 Å². The number of aromatic nitrogens is 2. The summed E-state index contributed by atoms with van der Waals surface area (Å²) in [5.74, 6) is 3.21. The van der Waals surface area contributed by atoms with E-state index in [0.717, 1.165) is 36.0 Å². The van der Waals surface area contributed by atoms with Gasteiger partial charge in [-0.3, -0.25) is 0 Å². The lowest BCUT2D eigenvalue weighted by molar-refractivity contribution is 0.395. The Morgan fingerprint density at radius 1 is 1.16 bits per heavy atom. The molecule has 6 nitrogen and oxygen atoms in total. The molecule has 0 aliphatic carbocycles. The molecule has 0 amide bonds. The molecule has 2 heterocycles. The fourth-order valence-corrected chi connectivity index (χ4v) is 3.34. The topological polar surface area (TPSA) is 59.5 Å². The molecule has 0 radical (unpaired) electrons. The Morgan fingerprint density at radius 2 is 2.04 bits per heavy atom. The fraction of sp³-hybridized carbons (Fsp3) is 0.474. The third kappa shape index (κ3) is 3.95. The zero-order chi connectivity index (χ0) is 17.6. The highest BCUT2D eigenvalue weighted by Crippen LogP contribution is 2.32. The van der Waals surface area contributed by atoms with Gasteiger partial charge in [0, 0.05) is 24.7 Å². The smallest absolute Gasteiger partial charge is 0.146 e. The van der Waals surface area contributed by atoms with Crippen molar-refractivity contribution in [1.29, 1.82) is 0 Å². The van der Waals surface area contributed by atoms with Gasteiger partial charge in [0.15, 0.2) is 0 Å². The van der Waals surface area contributed by atoms with E-state index < -0.39 is 0 Å². The van der Waals surface area contributed by atoms with Crippen LogP contribution in [-0.4, -0.2) is 36.8 Å². The van der Waals surface area contributed by atoms with Gasteiger partial charge in [-0.2, -0.15) is 0 Å². The first kappa shape index (κ1) is 17.3. The van der Waals surface area contributed by atoms with Crippen molar-refractivity contribution in [3.05, 3.63) is 30.6 Å². The summed E-state index contributed by atoms with van der Waals surface area (Å²) in [6.45, 7) is 3.30. The van der Waals surface area contributed by atoms with Crippen LogP contribution in [0.5, 0.6) is 11.5 Å². The van der Waals surface area contributed by atoms with E-state index in [2.05, 4.69) is 27.1 Å². The maximum absolute atomic E-state index is 5.44. The van der Waals surface area contributed by atoms with Gasteiger partial charge in [-0.05, 0) is 37.8 Å². The van der Waals surface area contributed by atoms with E-state index >= 15 is 0 Å². The molecule has 0 spiro atoms. The number of hydrogen-bond donors (Lipinski definition) is 1. The normalized spacial score (nSPS) is 17.2. The molecule has 134 valence electrons. The summed E-state index contributed by atoms with van der Waals surface area (Å²) in [4.78, 5) is 11.3. The molecule has 6 heteroatoms. The van der Waals surface area contributed by atoms with Crippen LogP contribution in [0.4, 0.5) is 17.3 Å². The van der Waals surface area contributed by atoms with Crippen molar-refractivity contribution < 1.29 is 9.47 Å². The molecule has 1 fully saturated rings. The van der Waals surface area contributed by atoms with Crippen LogP contribution >= 0.6 is 0 Å². The molecular weight excluding hydrogens is 316 g/mol. The summed E-state index contributed by atoms with van der Waals surface area (Å²) in [6.07, 6.45) is 6.51. The van der Waals surface area contributed by atoms with E-state index in [-0.39, 0.29) is 0 Å². The molecule has 1 unspecified atom stereocenters. The highest BCUT2D eigenvalue weighted by Gasteiger charge is 2.22. The van der Waals surface area contributed by atoms with Gasteiger partial charge in [0.05, 0.1) is 19.9 Å². The number of hydrogen-bond acceptors (Lipinski definition) is 6. The first-order valence-corrected chi connectivity index (χ1v) is 8.83. The van der Waals surface area contributed by atoms with Crippen LogP contribution in [0.3, 0.4) is 0 Å². The lowest BCUT2D eigenvalue weighted by Gasteiger charge is -2.36. The molecule has 2 aromatic rings. The van der Waals surface area contributed by atoms with Gasteiger partial charge < -0.3 is 19.7 Å². The Balaban J connectivity index is 1.82. The summed E-state index contributed by atoms with van der Waals surface area (Å²) in [5, 5.41) is 3.33. The molecule has 3 rings (SSSR count). The van der Waals surface area contributed by atoms with Gasteiger partial charge in [-0.15, -0.1) is 0 Å². The maximum atomic E-state index is 5.44. The van der Waals surface area contributed by atoms with Crippen LogP contribution in [0.15, 0.2) is 30.6 Å². The average molecular weight is 342 g/mol. The quantitative estimate of drug-likeness (QED) is 0.856. The molecule has 25 heavy (non-hydrogen) atoms. The van der Waals surface area contributed by atoms with Gasteiger partial charge in [0.2, 0.25) is 0 Å². The minimum absolute atomic E-state index is 0.562. The number of rotatable bonds is 6. The van der Waals surface area contributed by atoms with Crippen LogP contribution in [-0.2, 0) is 0 Å². The van der Waals surface area contributed by atoms with Crippen molar-refractivity contribution in [3.8, 4) is 11.5 Å². The monoisotopic (exact) mass is 342 g/mol. The second kappa shape index (κ2) is 8.05. The van der Waals surface area contributed by atoms with Crippen LogP contribution < -0.4 is 19.7 Å². The van der Waals surface area contributed by atoms with Gasteiger partial charge >= 0.3 is 0 Å². The molecule has 0 bridgehead atoms. The molecular formula is C19H26N4O2. The molecule has 0 saturated carbocycles. The summed E-state index contributed by atoms with van der Waals surface area (Å²) in [6, 6.07) is 8.24. The van der Waals surface area contributed by atoms with E-state index in [0.29, 0.717) is 11.8 Å². The summed E-state index contributed by atoms with van der Waals surface area (Å²) < 4.78 is 10.7. The molecule has 1 saturated heterocycles. The van der Waals surface area contributed by atoms with Crippen molar-refractivity contribution in [2.24, 2.45) is 0 Å². The van der Waals surface area contributed by atoms with Gasteiger partial charge in [0.1, 0.15) is 29.5 Å². The van der Waals surface area contributed by atoms with Crippen molar-refractivity contribution in [1.82, 2.24) is 9.97 Å². The SMILES string of the molecule is CCC1CCCCN1c1cc(Nc2ccc(OC)cc2OC)ncn1. The predicted molar refractivity (Wildman–Crippen MR) is 100 cm³/mol. The van der Waals surface area contributed by atoms with Crippen LogP contribution in [0.25, 0.3) is 0 Å². The molecule has 1 aromatic carbocycles. The van der Waals surface area contributed by atoms with Crippen molar-refractivity contribution in [3.63, 3.8) is 0 Å². The minimum Gasteiger partial charge on any atom is -0.497 e. The van der Waals surface area contributed by atoms with E-state index in [4.69, 9.17) is 9.47 Å². The molecule has 1 aliphatic heterocycles. The lowest BCUT2D eigenvalue weighted by atomic mass is 10.0. The number of nitrogens with zero attached hydrogens (tertiary/aromatic N) is 3. The Bertz CT molecular complexity index is 708. The Morgan fingerprint density at radius 3 is 2.80 bits per heavy atom. The highest BCUT2D eigenvalue weighted by molar-refractivity contribution is 5.67. The van der Waals surface area contributed by atoms with Gasteiger partial charge in [0.25, 0.3) is 0 Å². The zero-order valence-electron chi connectivity index (χ0n) is 15.2. The standard InChI is InChI=1S/C19H26N4O2/c1-4-14-7-5-6-10-23(14)19-12-18(20-13-21-19)22-16-9-8-15(24-2)11-17(16)25-3/h8-9,11-14H,4-7,10H2,1-3H3,(H,20,21,22). The third-order valence-electron chi connectivity index (χ3n) is 4.72. The maximum Gasteiger partial charge on any atom is 0.146 e. The number of piperidine rings is 1. The van der Waals surface area contributed by atoms with E-state index in [1.54, 1.807) is 20.5 Å². The lowest BCUT2D eigenvalue weighted by Crippen LogP contribution is -2.39. The fourth-order valence-electron chi connectivity index (χ4n) is 3.34. The number of benzene rings is 1. The average Bonchev–Trinajstić information content (AvgIpc) is 2.68. The second-order valence-electron chi connectivity index (χ2n) is 6.20. The van der Waals surface area contributed by atoms with Crippen LogP contribution in [0.2, 0.25) is 0 Å². The minimum atomic E-state index is 0.562. The first-order valence-electron chi connectivity index (χ1n) is 8.83. The van der Waals surface area contributed by atoms with E-state index in [9.17, 15) is 0 Å². The largest absolute Gasteiger partial charge is 0.497 e. The van der Waals surface area contributed by atoms with Crippen molar-refractivity contribution in [2.75, 3.05) is 31.0 Å². The first-order chi connectivity index (χ1) is 12.2. The number of nitrogens with one attached hydrogen (secondary N) is 1. The number of ether oxygens (including phenoxy) is 2. The highest BCUT2D eigenvalue weighted by atomic mass is 16.5. The van der Waals surface area contributed by atoms with Crippen molar-refractivity contribution in [2.45, 2.75) is 38.6 Å². The van der Waals surface area contributed by atoms with Gasteiger partial charge in [-0.1, -0.05) is 6.92 Å². The molecule has 1 N–H and O–H groups in total. The zero-order valence-corrected chi connectivity index (χ0v) is 15.2. The Kier molecular flexibility index (Phi) is 5.58. The summed E-state index contributed by atoms with van der Waals surface area (Å²) in [7, 11) is 3.28. The number of anilines is 3. The molecule has 1 atom stereocenters. The second-order valence-corrected chi connectivity index (χ2v) is 6.20. The summed E-state index contributed by atoms with van der Waals surface area (Å²) in [5.41, 5.74) is 0.846. The van der Waals surface area contributed by atoms with E-state index in [1.165, 1.54) is 19.3 Å². The number of methoxy groups -OCH3 is 2. The van der Waals surface area contributed by atoms with Gasteiger partial charge in [-0.25, -0.2) is 9.97 Å². The Labute approximate surface area is 149 Å². The molecule has 1 aromatic heterocycles. The van der Waals surface area contributed by atoms with Crippen LogP contribution in [0, 0.1) is 0 Å². The predicted octanol–water partition coefficient (Wildman–Crippen LogP) is 4.01. The third-order valence-corrected chi connectivity index (χ3v) is 4.72. The molecule has 1 aliphatic rings. The summed E-state index contributed by atoms with van der Waals surface area (Å²) >= 11 is 0. The Hall–Kier alpha value is -2.50. The van der Waals surface area contributed by atoms with Crippen molar-refractivity contribution >= 4 is 17.3 Å².